The van der Waals surface area contributed by atoms with Crippen molar-refractivity contribution in [2.24, 2.45) is 5.73 Å². The average molecular weight is 338 g/mol. The van der Waals surface area contributed by atoms with Crippen molar-refractivity contribution < 1.29 is 9.13 Å². The highest BCUT2D eigenvalue weighted by Gasteiger charge is 2.20. The van der Waals surface area contributed by atoms with Crippen LogP contribution >= 0.6 is 15.9 Å². The summed E-state index contributed by atoms with van der Waals surface area (Å²) in [5.74, 6) is 0.330. The van der Waals surface area contributed by atoms with Crippen molar-refractivity contribution in [2.75, 3.05) is 0 Å². The average Bonchev–Trinajstić information content (AvgIpc) is 2.46. The van der Waals surface area contributed by atoms with E-state index >= 15 is 0 Å². The molecule has 0 saturated carbocycles. The summed E-state index contributed by atoms with van der Waals surface area (Å²) in [6.45, 7) is 2.02. The van der Waals surface area contributed by atoms with Crippen molar-refractivity contribution in [3.63, 3.8) is 0 Å². The molecule has 0 amide bonds. The Morgan fingerprint density at radius 3 is 2.50 bits per heavy atom. The highest BCUT2D eigenvalue weighted by Crippen LogP contribution is 2.27. The zero-order chi connectivity index (χ0) is 14.5. The second kappa shape index (κ2) is 6.86. The highest BCUT2D eigenvalue weighted by atomic mass is 79.9. The summed E-state index contributed by atoms with van der Waals surface area (Å²) in [7, 11) is 0. The molecule has 0 bridgehead atoms. The standard InChI is InChI=1S/C16H17BrFNO/c1-2-15(19)16(11-4-3-5-12(17)10-11)20-14-8-6-13(18)7-9-14/h3-10,15-16H,2,19H2,1H3. The lowest BCUT2D eigenvalue weighted by molar-refractivity contribution is 0.171. The summed E-state index contributed by atoms with van der Waals surface area (Å²) in [4.78, 5) is 0. The fourth-order valence-corrected chi connectivity index (χ4v) is 2.38. The van der Waals surface area contributed by atoms with Gasteiger partial charge >= 0.3 is 0 Å². The van der Waals surface area contributed by atoms with Gasteiger partial charge in [-0.25, -0.2) is 4.39 Å². The predicted molar refractivity (Wildman–Crippen MR) is 82.2 cm³/mol. The Balaban J connectivity index is 2.26. The molecule has 2 rings (SSSR count). The van der Waals surface area contributed by atoms with Gasteiger partial charge in [0, 0.05) is 10.5 Å². The van der Waals surface area contributed by atoms with Gasteiger partial charge in [-0.2, -0.15) is 0 Å². The molecule has 2 aromatic carbocycles. The quantitative estimate of drug-likeness (QED) is 0.874. The van der Waals surface area contributed by atoms with E-state index in [9.17, 15) is 4.39 Å². The first-order valence-electron chi connectivity index (χ1n) is 6.53. The second-order valence-electron chi connectivity index (χ2n) is 4.62. The molecule has 0 fully saturated rings. The van der Waals surface area contributed by atoms with Crippen LogP contribution in [0.1, 0.15) is 25.0 Å². The molecular weight excluding hydrogens is 321 g/mol. The summed E-state index contributed by atoms with van der Waals surface area (Å²) in [5.41, 5.74) is 7.16. The maximum absolute atomic E-state index is 12.9. The van der Waals surface area contributed by atoms with Crippen LogP contribution in [0.2, 0.25) is 0 Å². The van der Waals surface area contributed by atoms with Crippen LogP contribution in [0, 0.1) is 5.82 Å². The molecule has 2 atom stereocenters. The van der Waals surface area contributed by atoms with Gasteiger partial charge in [0.2, 0.25) is 0 Å². The number of hydrogen-bond donors (Lipinski definition) is 1. The van der Waals surface area contributed by atoms with E-state index in [1.807, 2.05) is 31.2 Å². The number of halogens is 2. The van der Waals surface area contributed by atoms with Crippen LogP contribution in [0.4, 0.5) is 4.39 Å². The SMILES string of the molecule is CCC(N)C(Oc1ccc(F)cc1)c1cccc(Br)c1. The molecule has 0 aliphatic heterocycles. The summed E-state index contributed by atoms with van der Waals surface area (Å²) in [5, 5.41) is 0. The van der Waals surface area contributed by atoms with E-state index in [4.69, 9.17) is 10.5 Å². The predicted octanol–water partition coefficient (Wildman–Crippen LogP) is 4.45. The van der Waals surface area contributed by atoms with Crippen molar-refractivity contribution in [1.29, 1.82) is 0 Å². The Morgan fingerprint density at radius 1 is 1.20 bits per heavy atom. The zero-order valence-corrected chi connectivity index (χ0v) is 12.8. The van der Waals surface area contributed by atoms with E-state index in [1.165, 1.54) is 12.1 Å². The van der Waals surface area contributed by atoms with E-state index in [1.54, 1.807) is 12.1 Å². The number of benzene rings is 2. The largest absolute Gasteiger partial charge is 0.484 e. The second-order valence-corrected chi connectivity index (χ2v) is 5.54. The topological polar surface area (TPSA) is 35.2 Å². The maximum atomic E-state index is 12.9. The molecule has 0 aromatic heterocycles. The van der Waals surface area contributed by atoms with E-state index in [0.29, 0.717) is 5.75 Å². The van der Waals surface area contributed by atoms with E-state index in [0.717, 1.165) is 16.5 Å². The van der Waals surface area contributed by atoms with E-state index in [2.05, 4.69) is 15.9 Å². The van der Waals surface area contributed by atoms with Gasteiger partial charge in [-0.1, -0.05) is 35.0 Å². The van der Waals surface area contributed by atoms with Crippen LogP contribution in [-0.4, -0.2) is 6.04 Å². The molecule has 20 heavy (non-hydrogen) atoms. The highest BCUT2D eigenvalue weighted by molar-refractivity contribution is 9.10. The number of nitrogens with two attached hydrogens (primary N) is 1. The third-order valence-corrected chi connectivity index (χ3v) is 3.61. The summed E-state index contributed by atoms with van der Waals surface area (Å²) < 4.78 is 19.9. The van der Waals surface area contributed by atoms with Crippen LogP contribution < -0.4 is 10.5 Å². The normalized spacial score (nSPS) is 13.8. The first-order valence-corrected chi connectivity index (χ1v) is 7.32. The molecule has 2 aromatic rings. The summed E-state index contributed by atoms with van der Waals surface area (Å²) >= 11 is 3.45. The molecule has 0 radical (unpaired) electrons. The molecule has 0 aliphatic rings. The van der Waals surface area contributed by atoms with Crippen molar-refractivity contribution in [3.8, 4) is 5.75 Å². The molecule has 2 nitrogen and oxygen atoms in total. The van der Waals surface area contributed by atoms with E-state index in [-0.39, 0.29) is 18.0 Å². The summed E-state index contributed by atoms with van der Waals surface area (Å²) in [6.07, 6.45) is 0.529. The lowest BCUT2D eigenvalue weighted by Crippen LogP contribution is -2.31. The molecule has 2 unspecified atom stereocenters. The lowest BCUT2D eigenvalue weighted by Gasteiger charge is -2.25. The Bertz CT molecular complexity index is 559. The van der Waals surface area contributed by atoms with Gasteiger partial charge in [0.05, 0.1) is 0 Å². The van der Waals surface area contributed by atoms with Crippen molar-refractivity contribution >= 4 is 15.9 Å². The lowest BCUT2D eigenvalue weighted by atomic mass is 10.0. The van der Waals surface area contributed by atoms with Gasteiger partial charge < -0.3 is 10.5 Å². The maximum Gasteiger partial charge on any atom is 0.139 e. The van der Waals surface area contributed by atoms with Crippen molar-refractivity contribution in [1.82, 2.24) is 0 Å². The Morgan fingerprint density at radius 2 is 1.90 bits per heavy atom. The first kappa shape index (κ1) is 15.0. The minimum absolute atomic E-state index is 0.130. The van der Waals surface area contributed by atoms with Gasteiger partial charge in [-0.05, 0) is 48.4 Å². The fraction of sp³-hybridized carbons (Fsp3) is 0.250. The van der Waals surface area contributed by atoms with Crippen LogP contribution in [-0.2, 0) is 0 Å². The van der Waals surface area contributed by atoms with E-state index < -0.39 is 0 Å². The van der Waals surface area contributed by atoms with Gasteiger partial charge in [0.15, 0.2) is 0 Å². The Labute approximate surface area is 126 Å². The Kier molecular flexibility index (Phi) is 5.15. The molecular formula is C16H17BrFNO. The third-order valence-electron chi connectivity index (χ3n) is 3.11. The minimum Gasteiger partial charge on any atom is -0.484 e. The first-order chi connectivity index (χ1) is 9.60. The van der Waals surface area contributed by atoms with Crippen molar-refractivity contribution in [2.45, 2.75) is 25.5 Å². The molecule has 2 N–H and O–H groups in total. The molecule has 4 heteroatoms. The van der Waals surface area contributed by atoms with Crippen LogP contribution in [0.5, 0.6) is 5.75 Å². The van der Waals surface area contributed by atoms with Crippen LogP contribution in [0.25, 0.3) is 0 Å². The minimum atomic E-state index is -0.281. The molecule has 0 aliphatic carbocycles. The third kappa shape index (κ3) is 3.81. The molecule has 0 heterocycles. The number of hydrogen-bond acceptors (Lipinski definition) is 2. The van der Waals surface area contributed by atoms with Gasteiger partial charge in [-0.3, -0.25) is 0 Å². The zero-order valence-electron chi connectivity index (χ0n) is 11.2. The molecule has 106 valence electrons. The number of ether oxygens (including phenoxy) is 1. The van der Waals surface area contributed by atoms with Crippen LogP contribution in [0.3, 0.4) is 0 Å². The Hall–Kier alpha value is -1.39. The van der Waals surface area contributed by atoms with Gasteiger partial charge in [0.25, 0.3) is 0 Å². The number of rotatable bonds is 5. The molecule has 0 saturated heterocycles. The summed E-state index contributed by atoms with van der Waals surface area (Å²) in [6, 6.07) is 13.7. The van der Waals surface area contributed by atoms with Crippen molar-refractivity contribution in [3.05, 3.63) is 64.4 Å². The fourth-order valence-electron chi connectivity index (χ4n) is 1.96. The van der Waals surface area contributed by atoms with Crippen LogP contribution in [0.15, 0.2) is 53.0 Å². The monoisotopic (exact) mass is 337 g/mol. The van der Waals surface area contributed by atoms with Gasteiger partial charge in [-0.15, -0.1) is 0 Å². The van der Waals surface area contributed by atoms with Gasteiger partial charge in [0.1, 0.15) is 17.7 Å². The molecule has 0 spiro atoms. The smallest absolute Gasteiger partial charge is 0.139 e.